The Hall–Kier alpha value is -1.99. The van der Waals surface area contributed by atoms with Crippen LogP contribution in [0.1, 0.15) is 72.9 Å². The molecule has 0 atom stereocenters. The van der Waals surface area contributed by atoms with Gasteiger partial charge in [-0.25, -0.2) is 0 Å². The van der Waals surface area contributed by atoms with E-state index >= 15 is 0 Å². The van der Waals surface area contributed by atoms with E-state index < -0.39 is 16.6 Å². The van der Waals surface area contributed by atoms with Gasteiger partial charge in [-0.05, 0) is 98.3 Å². The predicted molar refractivity (Wildman–Crippen MR) is 162 cm³/mol. The van der Waals surface area contributed by atoms with Crippen LogP contribution in [0.25, 0.3) is 6.08 Å². The number of allylic oxidation sites excluding steroid dienone is 1. The molecule has 0 N–H and O–H groups in total. The lowest BCUT2D eigenvalue weighted by atomic mass is 10.0. The van der Waals surface area contributed by atoms with E-state index in [2.05, 4.69) is 123 Å². The Labute approximate surface area is 223 Å². The topological polar surface area (TPSA) is 27.7 Å². The lowest BCUT2D eigenvalue weighted by Crippen LogP contribution is -2.43. The lowest BCUT2D eigenvalue weighted by Gasteiger charge is -2.36. The molecule has 0 heterocycles. The first-order valence-electron chi connectivity index (χ1n) is 13.4. The van der Waals surface area contributed by atoms with Crippen molar-refractivity contribution in [1.29, 1.82) is 0 Å². The van der Waals surface area contributed by atoms with Gasteiger partial charge in [-0.2, -0.15) is 0 Å². The summed E-state index contributed by atoms with van der Waals surface area (Å²) in [6, 6.07) is 15.0. The molecule has 0 amide bonds. The van der Waals surface area contributed by atoms with Crippen LogP contribution in [0.5, 0.6) is 17.2 Å². The van der Waals surface area contributed by atoms with Gasteiger partial charge >= 0.3 is 0 Å². The third-order valence-electron chi connectivity index (χ3n) is 7.76. The van der Waals surface area contributed by atoms with Crippen LogP contribution < -0.4 is 13.6 Å². The van der Waals surface area contributed by atoms with E-state index in [-0.39, 0.29) is 10.1 Å². The number of ether oxygens (including phenoxy) is 1. The summed E-state index contributed by atoms with van der Waals surface area (Å²) in [5.41, 5.74) is 3.83. The van der Waals surface area contributed by atoms with Gasteiger partial charge < -0.3 is 13.6 Å². The number of hydrogen-bond acceptors (Lipinski definition) is 3. The van der Waals surface area contributed by atoms with Gasteiger partial charge in [0.15, 0.2) is 5.75 Å². The fraction of sp³-hybridized carbons (Fsp3) is 0.548. The quantitative estimate of drug-likeness (QED) is 0.288. The summed E-state index contributed by atoms with van der Waals surface area (Å²) in [5.74, 6) is 2.68. The van der Waals surface area contributed by atoms with Crippen LogP contribution in [0.2, 0.25) is 36.3 Å². The summed E-state index contributed by atoms with van der Waals surface area (Å²) in [6.07, 6.45) is 4.27. The fourth-order valence-corrected chi connectivity index (χ4v) is 5.32. The zero-order valence-electron chi connectivity index (χ0n) is 25.0. The number of rotatable bonds is 10. The van der Waals surface area contributed by atoms with Crippen molar-refractivity contribution >= 4 is 22.7 Å². The van der Waals surface area contributed by atoms with Gasteiger partial charge in [0.1, 0.15) is 11.5 Å². The first-order valence-corrected chi connectivity index (χ1v) is 19.2. The second-order valence-corrected chi connectivity index (χ2v) is 22.4. The standard InChI is InChI=1S/C31H50O3Si2/c1-13-32-29-23-26(18-21-28(29)34-36(11,12)31(6,7)8)22-24(2)14-15-25-16-19-27(20-17-25)33-35(9,10)30(3,4)5/h16-23H,13-15H2,1-12H3. The molecule has 0 spiro atoms. The summed E-state index contributed by atoms with van der Waals surface area (Å²) in [5, 5.41) is 0.339. The molecule has 2 aromatic carbocycles. The summed E-state index contributed by atoms with van der Waals surface area (Å²) in [6.45, 7) is 27.6. The number of aryl methyl sites for hydroxylation is 1. The van der Waals surface area contributed by atoms with E-state index in [9.17, 15) is 0 Å². The van der Waals surface area contributed by atoms with Gasteiger partial charge in [-0.15, -0.1) is 0 Å². The first-order chi connectivity index (χ1) is 16.4. The Bertz CT molecular complexity index is 1020. The molecule has 0 saturated carbocycles. The van der Waals surface area contributed by atoms with E-state index in [4.69, 9.17) is 13.6 Å². The molecule has 0 aliphatic carbocycles. The van der Waals surface area contributed by atoms with Crippen molar-refractivity contribution in [1.82, 2.24) is 0 Å². The third kappa shape index (κ3) is 8.27. The molecule has 0 radical (unpaired) electrons. The summed E-state index contributed by atoms with van der Waals surface area (Å²) < 4.78 is 19.0. The molecule has 3 nitrogen and oxygen atoms in total. The van der Waals surface area contributed by atoms with E-state index in [1.807, 2.05) is 6.92 Å². The smallest absolute Gasteiger partial charge is 0.250 e. The maximum Gasteiger partial charge on any atom is 0.250 e. The van der Waals surface area contributed by atoms with Crippen molar-refractivity contribution in [3.05, 3.63) is 59.2 Å². The van der Waals surface area contributed by atoms with Gasteiger partial charge in [0, 0.05) is 0 Å². The maximum absolute atomic E-state index is 6.56. The average Bonchev–Trinajstić information content (AvgIpc) is 2.73. The summed E-state index contributed by atoms with van der Waals surface area (Å²) in [7, 11) is -3.74. The highest BCUT2D eigenvalue weighted by Gasteiger charge is 2.40. The van der Waals surface area contributed by atoms with Crippen molar-refractivity contribution in [3.63, 3.8) is 0 Å². The van der Waals surface area contributed by atoms with E-state index in [0.29, 0.717) is 6.61 Å². The molecule has 0 aromatic heterocycles. The molecule has 0 saturated heterocycles. The van der Waals surface area contributed by atoms with Crippen molar-refractivity contribution in [2.24, 2.45) is 0 Å². The highest BCUT2D eigenvalue weighted by atomic mass is 28.4. The van der Waals surface area contributed by atoms with Crippen LogP contribution in [0.15, 0.2) is 48.0 Å². The molecular weight excluding hydrogens is 477 g/mol. The minimum atomic E-state index is -1.93. The fourth-order valence-electron chi connectivity index (χ4n) is 3.27. The zero-order valence-corrected chi connectivity index (χ0v) is 27.0. The predicted octanol–water partition coefficient (Wildman–Crippen LogP) is 9.89. The second-order valence-electron chi connectivity index (χ2n) is 13.0. The Balaban J connectivity index is 2.08. The van der Waals surface area contributed by atoms with Gasteiger partial charge in [-0.1, -0.05) is 71.4 Å². The Kier molecular flexibility index (Phi) is 9.74. The monoisotopic (exact) mass is 526 g/mol. The molecule has 0 aliphatic heterocycles. The maximum atomic E-state index is 6.56. The van der Waals surface area contributed by atoms with Gasteiger partial charge in [0.2, 0.25) is 8.32 Å². The van der Waals surface area contributed by atoms with E-state index in [1.54, 1.807) is 0 Å². The number of benzene rings is 2. The van der Waals surface area contributed by atoms with Crippen LogP contribution in [0, 0.1) is 0 Å². The molecule has 0 bridgehead atoms. The van der Waals surface area contributed by atoms with E-state index in [1.165, 1.54) is 11.1 Å². The SMILES string of the molecule is CCOc1cc(C=C(C)CCc2ccc(O[Si](C)(C)C(C)(C)C)cc2)ccc1O[Si](C)(C)C(C)(C)C. The summed E-state index contributed by atoms with van der Waals surface area (Å²) >= 11 is 0. The normalized spacial score (nSPS) is 13.5. The van der Waals surface area contributed by atoms with Crippen molar-refractivity contribution in [3.8, 4) is 17.2 Å². The first kappa shape index (κ1) is 30.2. The van der Waals surface area contributed by atoms with Crippen LogP contribution in [0.4, 0.5) is 0 Å². The van der Waals surface area contributed by atoms with Crippen LogP contribution in [-0.2, 0) is 6.42 Å². The lowest BCUT2D eigenvalue weighted by molar-refractivity contribution is 0.325. The van der Waals surface area contributed by atoms with Crippen LogP contribution in [-0.4, -0.2) is 23.2 Å². The second kappa shape index (κ2) is 11.6. The molecule has 0 unspecified atom stereocenters. The highest BCUT2D eigenvalue weighted by Crippen LogP contribution is 2.41. The molecule has 0 fully saturated rings. The zero-order chi connectivity index (χ0) is 27.4. The molecule has 2 rings (SSSR count). The Morgan fingerprint density at radius 2 is 1.33 bits per heavy atom. The van der Waals surface area contributed by atoms with Gasteiger partial charge in [-0.3, -0.25) is 0 Å². The molecule has 2 aromatic rings. The van der Waals surface area contributed by atoms with Crippen molar-refractivity contribution in [2.45, 2.75) is 104 Å². The minimum Gasteiger partial charge on any atom is -0.544 e. The van der Waals surface area contributed by atoms with Crippen molar-refractivity contribution in [2.75, 3.05) is 6.61 Å². The van der Waals surface area contributed by atoms with Crippen LogP contribution in [0.3, 0.4) is 0 Å². The van der Waals surface area contributed by atoms with E-state index in [0.717, 1.165) is 35.7 Å². The molecular formula is C31H50O3Si2. The van der Waals surface area contributed by atoms with Crippen molar-refractivity contribution < 1.29 is 13.6 Å². The largest absolute Gasteiger partial charge is 0.544 e. The average molecular weight is 527 g/mol. The number of hydrogen-bond donors (Lipinski definition) is 0. The summed E-state index contributed by atoms with van der Waals surface area (Å²) in [4.78, 5) is 0. The molecule has 0 aliphatic rings. The van der Waals surface area contributed by atoms with Crippen LogP contribution >= 0.6 is 0 Å². The molecule has 5 heteroatoms. The Morgan fingerprint density at radius 1 is 0.778 bits per heavy atom. The molecule has 36 heavy (non-hydrogen) atoms. The minimum absolute atomic E-state index is 0.140. The van der Waals surface area contributed by atoms with Gasteiger partial charge in [0.05, 0.1) is 6.61 Å². The third-order valence-corrected chi connectivity index (χ3v) is 16.5. The van der Waals surface area contributed by atoms with Gasteiger partial charge in [0.25, 0.3) is 8.32 Å². The Morgan fingerprint density at radius 3 is 1.86 bits per heavy atom. The molecule has 200 valence electrons. The highest BCUT2D eigenvalue weighted by molar-refractivity contribution is 6.75.